The van der Waals surface area contributed by atoms with Gasteiger partial charge in [-0.25, -0.2) is 4.79 Å². The number of nitro groups is 1. The van der Waals surface area contributed by atoms with Crippen molar-refractivity contribution in [2.24, 2.45) is 0 Å². The first kappa shape index (κ1) is 20.9. The van der Waals surface area contributed by atoms with Crippen molar-refractivity contribution in [3.8, 4) is 0 Å². The normalized spacial score (nSPS) is 11.4. The van der Waals surface area contributed by atoms with Crippen molar-refractivity contribution in [1.29, 1.82) is 0 Å². The number of amides is 1. The van der Waals surface area contributed by atoms with Crippen LogP contribution in [0, 0.1) is 10.1 Å². The van der Waals surface area contributed by atoms with Gasteiger partial charge in [0.15, 0.2) is 6.61 Å². The molecule has 1 atom stereocenters. The van der Waals surface area contributed by atoms with E-state index in [1.807, 2.05) is 37.3 Å². The number of aryl methyl sites for hydroxylation is 1. The Hall–Kier alpha value is -3.42. The third kappa shape index (κ3) is 6.08. The molecule has 1 amide bonds. The second-order valence-electron chi connectivity index (χ2n) is 6.31. The smallest absolute Gasteiger partial charge is 0.338 e. The summed E-state index contributed by atoms with van der Waals surface area (Å²) >= 11 is 0. The maximum atomic E-state index is 12.1. The van der Waals surface area contributed by atoms with Crippen molar-refractivity contribution in [3.63, 3.8) is 0 Å². The van der Waals surface area contributed by atoms with Crippen LogP contribution in [0.1, 0.15) is 29.3 Å². The molecular weight excluding hydrogens is 362 g/mol. The van der Waals surface area contributed by atoms with E-state index in [-0.39, 0.29) is 23.0 Å². The number of carbonyl (C=O) groups is 2. The molecule has 0 spiro atoms. The lowest BCUT2D eigenvalue weighted by Gasteiger charge is -2.14. The van der Waals surface area contributed by atoms with E-state index in [4.69, 9.17) is 4.74 Å². The molecule has 0 saturated heterocycles. The lowest BCUT2D eigenvalue weighted by molar-refractivity contribution is -0.384. The van der Waals surface area contributed by atoms with E-state index in [1.54, 1.807) is 7.05 Å². The minimum Gasteiger partial charge on any atom is -0.452 e. The standard InChI is InChI=1S/C20H23N3O5/c1-14(8-9-15-6-4-3-5-7-15)22-19(24)13-28-20(25)16-10-11-17(21-2)18(12-16)23(26)27/h3-7,10-12,14,21H,8-9,13H2,1-2H3,(H,22,24)/t14-/m0/s1. The fourth-order valence-electron chi connectivity index (χ4n) is 2.65. The number of hydrogen-bond donors (Lipinski definition) is 2. The summed E-state index contributed by atoms with van der Waals surface area (Å²) < 4.78 is 4.97. The summed E-state index contributed by atoms with van der Waals surface area (Å²) in [6.45, 7) is 1.43. The predicted molar refractivity (Wildman–Crippen MR) is 105 cm³/mol. The van der Waals surface area contributed by atoms with Crippen molar-refractivity contribution in [3.05, 3.63) is 69.8 Å². The summed E-state index contributed by atoms with van der Waals surface area (Å²) in [4.78, 5) is 34.5. The predicted octanol–water partition coefficient (Wildman–Crippen LogP) is 2.93. The molecule has 8 heteroatoms. The largest absolute Gasteiger partial charge is 0.452 e. The third-order valence-electron chi connectivity index (χ3n) is 4.15. The number of anilines is 1. The van der Waals surface area contributed by atoms with Crippen molar-refractivity contribution in [2.45, 2.75) is 25.8 Å². The Balaban J connectivity index is 1.82. The average molecular weight is 385 g/mol. The highest BCUT2D eigenvalue weighted by molar-refractivity contribution is 5.93. The Morgan fingerprint density at radius 1 is 1.18 bits per heavy atom. The molecule has 2 aromatic carbocycles. The van der Waals surface area contributed by atoms with Crippen LogP contribution in [0.15, 0.2) is 48.5 Å². The molecule has 28 heavy (non-hydrogen) atoms. The number of nitrogens with zero attached hydrogens (tertiary/aromatic N) is 1. The molecule has 0 fully saturated rings. The monoisotopic (exact) mass is 385 g/mol. The molecule has 0 aliphatic heterocycles. The molecule has 0 bridgehead atoms. The summed E-state index contributed by atoms with van der Waals surface area (Å²) in [5.74, 6) is -1.21. The van der Waals surface area contributed by atoms with Gasteiger partial charge in [0.05, 0.1) is 10.5 Å². The second-order valence-corrected chi connectivity index (χ2v) is 6.31. The molecule has 0 unspecified atom stereocenters. The van der Waals surface area contributed by atoms with Crippen LogP contribution in [0.3, 0.4) is 0 Å². The van der Waals surface area contributed by atoms with Crippen LogP contribution in [-0.2, 0) is 16.0 Å². The lowest BCUT2D eigenvalue weighted by Crippen LogP contribution is -2.36. The summed E-state index contributed by atoms with van der Waals surface area (Å²) in [6.07, 6.45) is 1.57. The van der Waals surface area contributed by atoms with E-state index in [1.165, 1.54) is 17.7 Å². The van der Waals surface area contributed by atoms with Gasteiger partial charge in [-0.15, -0.1) is 0 Å². The molecule has 0 aliphatic carbocycles. The van der Waals surface area contributed by atoms with Gasteiger partial charge in [0, 0.05) is 19.2 Å². The average Bonchev–Trinajstić information content (AvgIpc) is 2.70. The van der Waals surface area contributed by atoms with Crippen molar-refractivity contribution >= 4 is 23.3 Å². The number of carbonyl (C=O) groups excluding carboxylic acids is 2. The van der Waals surface area contributed by atoms with Crippen molar-refractivity contribution in [1.82, 2.24) is 5.32 Å². The Morgan fingerprint density at radius 3 is 2.54 bits per heavy atom. The molecule has 0 heterocycles. The molecule has 0 aromatic heterocycles. The quantitative estimate of drug-likeness (QED) is 0.390. The highest BCUT2D eigenvalue weighted by Crippen LogP contribution is 2.25. The summed E-state index contributed by atoms with van der Waals surface area (Å²) in [5.41, 5.74) is 1.24. The molecule has 0 saturated carbocycles. The van der Waals surface area contributed by atoms with Crippen LogP contribution in [-0.4, -0.2) is 36.5 Å². The number of nitro benzene ring substituents is 1. The summed E-state index contributed by atoms with van der Waals surface area (Å²) in [6, 6.07) is 13.8. The van der Waals surface area contributed by atoms with E-state index in [0.717, 1.165) is 18.9 Å². The molecule has 2 rings (SSSR count). The number of benzene rings is 2. The first-order valence-corrected chi connectivity index (χ1v) is 8.87. The maximum Gasteiger partial charge on any atom is 0.338 e. The van der Waals surface area contributed by atoms with E-state index in [0.29, 0.717) is 0 Å². The van der Waals surface area contributed by atoms with Gasteiger partial charge in [-0.2, -0.15) is 0 Å². The lowest BCUT2D eigenvalue weighted by atomic mass is 10.1. The number of hydrogen-bond acceptors (Lipinski definition) is 6. The van der Waals surface area contributed by atoms with Gasteiger partial charge in [-0.3, -0.25) is 14.9 Å². The Morgan fingerprint density at radius 2 is 1.89 bits per heavy atom. The first-order chi connectivity index (χ1) is 13.4. The molecule has 148 valence electrons. The van der Waals surface area contributed by atoms with Crippen LogP contribution in [0.4, 0.5) is 11.4 Å². The zero-order chi connectivity index (χ0) is 20.5. The Bertz CT molecular complexity index is 839. The molecule has 8 nitrogen and oxygen atoms in total. The maximum absolute atomic E-state index is 12.1. The molecule has 0 radical (unpaired) electrons. The first-order valence-electron chi connectivity index (χ1n) is 8.87. The van der Waals surface area contributed by atoms with E-state index in [9.17, 15) is 19.7 Å². The number of nitrogens with one attached hydrogen (secondary N) is 2. The number of rotatable bonds is 9. The van der Waals surface area contributed by atoms with Gasteiger partial charge in [0.25, 0.3) is 11.6 Å². The van der Waals surface area contributed by atoms with E-state index >= 15 is 0 Å². The second kappa shape index (κ2) is 10.1. The van der Waals surface area contributed by atoms with Gasteiger partial charge in [0.1, 0.15) is 5.69 Å². The van der Waals surface area contributed by atoms with Gasteiger partial charge in [0.2, 0.25) is 0 Å². The molecular formula is C20H23N3O5. The zero-order valence-electron chi connectivity index (χ0n) is 15.8. The van der Waals surface area contributed by atoms with Gasteiger partial charge in [-0.1, -0.05) is 30.3 Å². The number of esters is 1. The van der Waals surface area contributed by atoms with Crippen molar-refractivity contribution < 1.29 is 19.2 Å². The van der Waals surface area contributed by atoms with Crippen LogP contribution in [0.25, 0.3) is 0 Å². The fourth-order valence-corrected chi connectivity index (χ4v) is 2.65. The highest BCUT2D eigenvalue weighted by Gasteiger charge is 2.18. The Labute approximate surface area is 163 Å². The molecule has 2 aromatic rings. The molecule has 2 N–H and O–H groups in total. The minimum absolute atomic E-state index is 0.00984. The van der Waals surface area contributed by atoms with Crippen LogP contribution >= 0.6 is 0 Å². The fraction of sp³-hybridized carbons (Fsp3) is 0.300. The Kier molecular flexibility index (Phi) is 7.50. The van der Waals surface area contributed by atoms with Gasteiger partial charge >= 0.3 is 5.97 Å². The SMILES string of the molecule is CNc1ccc(C(=O)OCC(=O)N[C@@H](C)CCc2ccccc2)cc1[N+](=O)[O-]. The van der Waals surface area contributed by atoms with Gasteiger partial charge < -0.3 is 15.4 Å². The third-order valence-corrected chi connectivity index (χ3v) is 4.15. The van der Waals surface area contributed by atoms with Crippen LogP contribution in [0.2, 0.25) is 0 Å². The minimum atomic E-state index is -0.794. The molecule has 0 aliphatic rings. The van der Waals surface area contributed by atoms with Crippen LogP contribution < -0.4 is 10.6 Å². The highest BCUT2D eigenvalue weighted by atomic mass is 16.6. The van der Waals surface area contributed by atoms with Crippen LogP contribution in [0.5, 0.6) is 0 Å². The topological polar surface area (TPSA) is 111 Å². The number of ether oxygens (including phenoxy) is 1. The van der Waals surface area contributed by atoms with Crippen molar-refractivity contribution in [2.75, 3.05) is 19.0 Å². The van der Waals surface area contributed by atoms with E-state index in [2.05, 4.69) is 10.6 Å². The summed E-state index contributed by atoms with van der Waals surface area (Å²) in [7, 11) is 1.55. The van der Waals surface area contributed by atoms with E-state index < -0.39 is 23.4 Å². The summed E-state index contributed by atoms with van der Waals surface area (Å²) in [5, 5.41) is 16.5. The van der Waals surface area contributed by atoms with Gasteiger partial charge in [-0.05, 0) is 37.5 Å². The zero-order valence-corrected chi connectivity index (χ0v) is 15.8.